The molecule has 1 heterocycles. The Kier molecular flexibility index (Phi) is 6.72. The SMILES string of the molecule is O=P(c1ccccc1)(c1ccccc1)c1ccc(-c2nnn(-c3c(F)c(F)c(F)c(F)c3F)c2I)cc1. The minimum absolute atomic E-state index is 0.0165. The Hall–Kier alpha value is -3.37. The van der Waals surface area contributed by atoms with Crippen LogP contribution in [-0.4, -0.2) is 15.0 Å². The summed E-state index contributed by atoms with van der Waals surface area (Å²) in [5.74, 6) is -10.5. The van der Waals surface area contributed by atoms with Crippen LogP contribution in [0.25, 0.3) is 16.9 Å². The Morgan fingerprint density at radius 2 is 1.05 bits per heavy atom. The molecule has 11 heteroatoms. The van der Waals surface area contributed by atoms with Crippen LogP contribution in [0.4, 0.5) is 22.0 Å². The summed E-state index contributed by atoms with van der Waals surface area (Å²) in [5, 5.41) is 9.35. The molecule has 0 atom stereocenters. The Morgan fingerprint density at radius 1 is 0.622 bits per heavy atom. The van der Waals surface area contributed by atoms with Crippen molar-refractivity contribution in [3.63, 3.8) is 0 Å². The zero-order valence-electron chi connectivity index (χ0n) is 18.5. The molecular weight excluding hydrogens is 623 g/mol. The van der Waals surface area contributed by atoms with E-state index >= 15 is 0 Å². The normalized spacial score (nSPS) is 11.6. The highest BCUT2D eigenvalue weighted by Gasteiger charge is 2.31. The number of rotatable bonds is 5. The summed E-state index contributed by atoms with van der Waals surface area (Å²) in [5.41, 5.74) is -0.643. The fourth-order valence-corrected chi connectivity index (χ4v) is 7.33. The van der Waals surface area contributed by atoms with Gasteiger partial charge >= 0.3 is 0 Å². The lowest BCUT2D eigenvalue weighted by molar-refractivity contribution is 0.373. The lowest BCUT2D eigenvalue weighted by atomic mass is 10.2. The minimum atomic E-state index is -3.23. The van der Waals surface area contributed by atoms with Gasteiger partial charge in [-0.05, 0) is 22.6 Å². The summed E-state index contributed by atoms with van der Waals surface area (Å²) in [4.78, 5) is 0. The van der Waals surface area contributed by atoms with Crippen molar-refractivity contribution in [1.82, 2.24) is 15.0 Å². The van der Waals surface area contributed by atoms with Gasteiger partial charge in [-0.25, -0.2) is 26.6 Å². The van der Waals surface area contributed by atoms with E-state index in [1.165, 1.54) is 0 Å². The first-order chi connectivity index (χ1) is 17.7. The third-order valence-corrected chi connectivity index (χ3v) is 9.80. The fourth-order valence-electron chi connectivity index (χ4n) is 3.92. The van der Waals surface area contributed by atoms with E-state index in [0.717, 1.165) is 0 Å². The van der Waals surface area contributed by atoms with Crippen LogP contribution >= 0.6 is 29.7 Å². The molecule has 37 heavy (non-hydrogen) atoms. The van der Waals surface area contributed by atoms with E-state index < -0.39 is 41.9 Å². The zero-order chi connectivity index (χ0) is 26.3. The Labute approximate surface area is 221 Å². The molecule has 4 aromatic carbocycles. The highest BCUT2D eigenvalue weighted by Crippen LogP contribution is 2.42. The number of aromatic nitrogens is 3. The second kappa shape index (κ2) is 9.83. The minimum Gasteiger partial charge on any atom is -0.309 e. The molecular formula is C26H14F5IN3OP. The molecule has 0 unspecified atom stereocenters. The summed E-state index contributed by atoms with van der Waals surface area (Å²) >= 11 is 1.66. The maximum absolute atomic E-state index is 14.5. The van der Waals surface area contributed by atoms with E-state index in [1.54, 1.807) is 95.4 Å². The summed E-state index contributed by atoms with van der Waals surface area (Å²) in [6.45, 7) is 0. The Bertz CT molecular complexity index is 1590. The number of nitrogens with zero attached hydrogens (tertiary/aromatic N) is 3. The average molecular weight is 637 g/mol. The smallest absolute Gasteiger partial charge is 0.200 e. The van der Waals surface area contributed by atoms with Gasteiger partial charge in [-0.3, -0.25) is 0 Å². The first-order valence-electron chi connectivity index (χ1n) is 10.7. The molecule has 0 spiro atoms. The van der Waals surface area contributed by atoms with Gasteiger partial charge in [0.05, 0.1) is 0 Å². The first kappa shape index (κ1) is 25.3. The topological polar surface area (TPSA) is 47.8 Å². The molecule has 0 radical (unpaired) electrons. The van der Waals surface area contributed by atoms with Gasteiger partial charge in [-0.1, -0.05) is 90.1 Å². The predicted octanol–water partition coefficient (Wildman–Crippen LogP) is 5.87. The molecule has 0 N–H and O–H groups in total. The lowest BCUT2D eigenvalue weighted by Gasteiger charge is -2.20. The maximum atomic E-state index is 14.5. The second-order valence-corrected chi connectivity index (χ2v) is 11.7. The standard InChI is InChI=1S/C26H14F5IN3OP/c27-19-20(28)22(30)25(23(31)21(19)29)35-26(32)24(33-34-35)15-11-13-18(14-12-15)37(36,16-7-3-1-4-8-16)17-9-5-2-6-10-17/h1-14H. The second-order valence-electron chi connectivity index (χ2n) is 7.89. The molecule has 0 fully saturated rings. The Balaban J connectivity index is 1.59. The molecule has 5 rings (SSSR count). The summed E-state index contributed by atoms with van der Waals surface area (Å²) in [7, 11) is -3.23. The van der Waals surface area contributed by atoms with Crippen LogP contribution in [0.2, 0.25) is 0 Å². The molecule has 0 aliphatic heterocycles. The number of halogens is 6. The van der Waals surface area contributed by atoms with Crippen molar-refractivity contribution >= 4 is 45.6 Å². The Morgan fingerprint density at radius 3 is 1.54 bits per heavy atom. The predicted molar refractivity (Wildman–Crippen MR) is 139 cm³/mol. The summed E-state index contributed by atoms with van der Waals surface area (Å²) < 4.78 is 84.7. The molecule has 0 saturated heterocycles. The van der Waals surface area contributed by atoms with Crippen molar-refractivity contribution in [3.8, 4) is 16.9 Å². The van der Waals surface area contributed by atoms with E-state index in [2.05, 4.69) is 10.3 Å². The number of hydrogen-bond donors (Lipinski definition) is 0. The van der Waals surface area contributed by atoms with Crippen molar-refractivity contribution in [2.75, 3.05) is 0 Å². The molecule has 1 aromatic heterocycles. The quantitative estimate of drug-likeness (QED) is 0.0797. The van der Waals surface area contributed by atoms with Gasteiger partial charge in [-0.15, -0.1) is 5.10 Å². The van der Waals surface area contributed by atoms with Crippen LogP contribution in [-0.2, 0) is 4.57 Å². The molecule has 0 aliphatic carbocycles. The number of benzene rings is 4. The maximum Gasteiger partial charge on any atom is 0.200 e. The fraction of sp³-hybridized carbons (Fsp3) is 0. The van der Waals surface area contributed by atoms with Crippen molar-refractivity contribution in [2.24, 2.45) is 0 Å². The van der Waals surface area contributed by atoms with Gasteiger partial charge in [0.15, 0.2) is 30.4 Å². The molecule has 0 amide bonds. The van der Waals surface area contributed by atoms with Crippen LogP contribution in [0, 0.1) is 32.8 Å². The van der Waals surface area contributed by atoms with Crippen molar-refractivity contribution in [3.05, 3.63) is 118 Å². The van der Waals surface area contributed by atoms with E-state index in [4.69, 9.17) is 0 Å². The molecule has 0 aliphatic rings. The zero-order valence-corrected chi connectivity index (χ0v) is 21.6. The number of hydrogen-bond acceptors (Lipinski definition) is 3. The van der Waals surface area contributed by atoms with Gasteiger partial charge in [0.1, 0.15) is 15.1 Å². The van der Waals surface area contributed by atoms with Crippen molar-refractivity contribution < 1.29 is 26.5 Å². The summed E-state index contributed by atoms with van der Waals surface area (Å²) in [6, 6.07) is 24.6. The van der Waals surface area contributed by atoms with E-state index in [1.807, 2.05) is 12.1 Å². The van der Waals surface area contributed by atoms with Crippen LogP contribution in [0.5, 0.6) is 0 Å². The average Bonchev–Trinajstić information content (AvgIpc) is 3.32. The largest absolute Gasteiger partial charge is 0.309 e. The van der Waals surface area contributed by atoms with Crippen molar-refractivity contribution in [2.45, 2.75) is 0 Å². The lowest BCUT2D eigenvalue weighted by Crippen LogP contribution is -2.24. The molecule has 5 aromatic rings. The van der Waals surface area contributed by atoms with Crippen molar-refractivity contribution in [1.29, 1.82) is 0 Å². The highest BCUT2D eigenvalue weighted by molar-refractivity contribution is 14.1. The van der Waals surface area contributed by atoms with Gasteiger partial charge < -0.3 is 4.57 Å². The van der Waals surface area contributed by atoms with Gasteiger partial charge in [0.2, 0.25) is 5.82 Å². The first-order valence-corrected chi connectivity index (χ1v) is 13.5. The van der Waals surface area contributed by atoms with Gasteiger partial charge in [-0.2, -0.15) is 0 Å². The third-order valence-electron chi connectivity index (χ3n) is 5.76. The van der Waals surface area contributed by atoms with Crippen LogP contribution in [0.15, 0.2) is 84.9 Å². The van der Waals surface area contributed by atoms with Crippen LogP contribution in [0.3, 0.4) is 0 Å². The monoisotopic (exact) mass is 637 g/mol. The summed E-state index contributed by atoms with van der Waals surface area (Å²) in [6.07, 6.45) is 0. The van der Waals surface area contributed by atoms with Crippen LogP contribution < -0.4 is 15.9 Å². The highest BCUT2D eigenvalue weighted by atomic mass is 127. The molecule has 186 valence electrons. The molecule has 4 nitrogen and oxygen atoms in total. The molecule has 0 bridgehead atoms. The van der Waals surface area contributed by atoms with Gasteiger partial charge in [0.25, 0.3) is 0 Å². The van der Waals surface area contributed by atoms with Gasteiger partial charge in [0, 0.05) is 21.5 Å². The van der Waals surface area contributed by atoms with E-state index in [0.29, 0.717) is 26.2 Å². The third kappa shape index (κ3) is 4.18. The van der Waals surface area contributed by atoms with Crippen LogP contribution in [0.1, 0.15) is 0 Å². The van der Waals surface area contributed by atoms with E-state index in [-0.39, 0.29) is 9.39 Å². The van der Waals surface area contributed by atoms with E-state index in [9.17, 15) is 26.5 Å². The molecule has 0 saturated carbocycles.